The number of benzene rings is 1. The van der Waals surface area contributed by atoms with E-state index in [-0.39, 0.29) is 22.7 Å². The molecule has 0 radical (unpaired) electrons. The SMILES string of the molecule is N#C[C@@H](NC(=O)CCc1ccc(O)c(Cl)c1)C1CC1. The lowest BCUT2D eigenvalue weighted by molar-refractivity contribution is -0.121. The molecule has 1 amide bonds. The van der Waals surface area contributed by atoms with E-state index in [0.29, 0.717) is 18.8 Å². The Hall–Kier alpha value is -1.73. The third-order valence-corrected chi connectivity index (χ3v) is 3.50. The summed E-state index contributed by atoms with van der Waals surface area (Å²) in [5.74, 6) is 0.243. The Kier molecular flexibility index (Phi) is 4.28. The minimum Gasteiger partial charge on any atom is -0.506 e. The fourth-order valence-electron chi connectivity index (χ4n) is 1.89. The van der Waals surface area contributed by atoms with Crippen LogP contribution in [0.15, 0.2) is 18.2 Å². The molecule has 1 aromatic carbocycles. The van der Waals surface area contributed by atoms with Crippen LogP contribution in [0, 0.1) is 17.2 Å². The first kappa shape index (κ1) is 13.7. The van der Waals surface area contributed by atoms with Crippen molar-refractivity contribution in [1.29, 1.82) is 5.26 Å². The molecule has 2 rings (SSSR count). The summed E-state index contributed by atoms with van der Waals surface area (Å²) < 4.78 is 0. The minimum absolute atomic E-state index is 0.0353. The molecule has 1 fully saturated rings. The molecule has 100 valence electrons. The molecule has 1 aliphatic rings. The van der Waals surface area contributed by atoms with Gasteiger partial charge in [-0.25, -0.2) is 0 Å². The van der Waals surface area contributed by atoms with E-state index >= 15 is 0 Å². The molecule has 0 saturated heterocycles. The topological polar surface area (TPSA) is 73.1 Å². The highest BCUT2D eigenvalue weighted by molar-refractivity contribution is 6.32. The lowest BCUT2D eigenvalue weighted by atomic mass is 10.1. The van der Waals surface area contributed by atoms with Crippen LogP contribution in [0.2, 0.25) is 5.02 Å². The van der Waals surface area contributed by atoms with Gasteiger partial charge in [-0.05, 0) is 42.9 Å². The van der Waals surface area contributed by atoms with Gasteiger partial charge in [0.15, 0.2) is 0 Å². The van der Waals surface area contributed by atoms with Gasteiger partial charge in [0.25, 0.3) is 0 Å². The number of hydrogen-bond donors (Lipinski definition) is 2. The first-order valence-electron chi connectivity index (χ1n) is 6.26. The zero-order chi connectivity index (χ0) is 13.8. The van der Waals surface area contributed by atoms with Crippen LogP contribution in [0.25, 0.3) is 0 Å². The number of amides is 1. The molecule has 0 spiro atoms. The number of aromatic hydroxyl groups is 1. The van der Waals surface area contributed by atoms with E-state index in [1.165, 1.54) is 6.07 Å². The van der Waals surface area contributed by atoms with Crippen LogP contribution < -0.4 is 5.32 Å². The van der Waals surface area contributed by atoms with Gasteiger partial charge >= 0.3 is 0 Å². The van der Waals surface area contributed by atoms with Crippen molar-refractivity contribution in [2.75, 3.05) is 0 Å². The molecule has 0 bridgehead atoms. The quantitative estimate of drug-likeness (QED) is 0.868. The number of hydrogen-bond acceptors (Lipinski definition) is 3. The van der Waals surface area contributed by atoms with Gasteiger partial charge in [0, 0.05) is 6.42 Å². The number of nitriles is 1. The summed E-state index contributed by atoms with van der Waals surface area (Å²) >= 11 is 5.79. The maximum atomic E-state index is 11.7. The number of halogens is 1. The maximum absolute atomic E-state index is 11.7. The average Bonchev–Trinajstić information content (AvgIpc) is 3.21. The Balaban J connectivity index is 1.82. The molecule has 1 aromatic rings. The summed E-state index contributed by atoms with van der Waals surface area (Å²) in [6.07, 6.45) is 2.89. The molecule has 4 nitrogen and oxygen atoms in total. The second-order valence-electron chi connectivity index (χ2n) is 4.80. The Morgan fingerprint density at radius 1 is 1.58 bits per heavy atom. The predicted molar refractivity (Wildman–Crippen MR) is 71.7 cm³/mol. The number of carbonyl (C=O) groups excluding carboxylic acids is 1. The highest BCUT2D eigenvalue weighted by Gasteiger charge is 2.32. The van der Waals surface area contributed by atoms with Crippen LogP contribution in [0.1, 0.15) is 24.8 Å². The van der Waals surface area contributed by atoms with Crippen LogP contribution in [-0.2, 0) is 11.2 Å². The van der Waals surface area contributed by atoms with Crippen LogP contribution in [0.4, 0.5) is 0 Å². The van der Waals surface area contributed by atoms with Gasteiger partial charge in [0.05, 0.1) is 11.1 Å². The van der Waals surface area contributed by atoms with Crippen LogP contribution in [0.3, 0.4) is 0 Å². The summed E-state index contributed by atoms with van der Waals surface area (Å²) in [6.45, 7) is 0. The molecule has 1 aliphatic carbocycles. The van der Waals surface area contributed by atoms with E-state index in [2.05, 4.69) is 11.4 Å². The molecule has 1 atom stereocenters. The molecule has 0 aromatic heterocycles. The number of aryl methyl sites for hydroxylation is 1. The summed E-state index contributed by atoms with van der Waals surface area (Å²) in [5, 5.41) is 21.2. The number of nitrogens with one attached hydrogen (secondary N) is 1. The van der Waals surface area contributed by atoms with Crippen LogP contribution in [-0.4, -0.2) is 17.1 Å². The van der Waals surface area contributed by atoms with Gasteiger partial charge < -0.3 is 10.4 Å². The number of nitrogens with zero attached hydrogens (tertiary/aromatic N) is 1. The van der Waals surface area contributed by atoms with E-state index in [4.69, 9.17) is 16.9 Å². The third-order valence-electron chi connectivity index (χ3n) is 3.20. The maximum Gasteiger partial charge on any atom is 0.221 e. The summed E-state index contributed by atoms with van der Waals surface area (Å²) in [5.41, 5.74) is 0.887. The molecule has 1 saturated carbocycles. The lowest BCUT2D eigenvalue weighted by Crippen LogP contribution is -2.35. The van der Waals surface area contributed by atoms with Gasteiger partial charge in [-0.15, -0.1) is 0 Å². The van der Waals surface area contributed by atoms with Gasteiger partial charge in [-0.1, -0.05) is 17.7 Å². The van der Waals surface area contributed by atoms with Crippen molar-refractivity contribution in [3.8, 4) is 11.8 Å². The molecular formula is C14H15ClN2O2. The molecular weight excluding hydrogens is 264 g/mol. The first-order chi connectivity index (χ1) is 9.10. The van der Waals surface area contributed by atoms with Crippen molar-refractivity contribution in [3.63, 3.8) is 0 Å². The van der Waals surface area contributed by atoms with E-state index in [1.807, 2.05) is 0 Å². The second-order valence-corrected chi connectivity index (χ2v) is 5.20. The van der Waals surface area contributed by atoms with Crippen molar-refractivity contribution >= 4 is 17.5 Å². The Labute approximate surface area is 117 Å². The van der Waals surface area contributed by atoms with Crippen molar-refractivity contribution in [3.05, 3.63) is 28.8 Å². The molecule has 5 heteroatoms. The zero-order valence-electron chi connectivity index (χ0n) is 10.4. The fourth-order valence-corrected chi connectivity index (χ4v) is 2.10. The van der Waals surface area contributed by atoms with Crippen molar-refractivity contribution in [2.24, 2.45) is 5.92 Å². The third kappa shape index (κ3) is 3.87. The molecule has 0 unspecified atom stereocenters. The van der Waals surface area contributed by atoms with E-state index in [0.717, 1.165) is 18.4 Å². The second kappa shape index (κ2) is 5.94. The number of phenolic OH excluding ortho intramolecular Hbond substituents is 1. The van der Waals surface area contributed by atoms with E-state index in [1.54, 1.807) is 12.1 Å². The largest absolute Gasteiger partial charge is 0.506 e. The normalized spacial score (nSPS) is 15.6. The van der Waals surface area contributed by atoms with E-state index < -0.39 is 0 Å². The lowest BCUT2D eigenvalue weighted by Gasteiger charge is -2.10. The van der Waals surface area contributed by atoms with Crippen molar-refractivity contribution < 1.29 is 9.90 Å². The summed E-state index contributed by atoms with van der Waals surface area (Å²) in [6, 6.07) is 6.66. The van der Waals surface area contributed by atoms with Gasteiger partial charge in [-0.2, -0.15) is 5.26 Å². The minimum atomic E-state index is -0.351. The van der Waals surface area contributed by atoms with Crippen molar-refractivity contribution in [2.45, 2.75) is 31.7 Å². The van der Waals surface area contributed by atoms with Crippen molar-refractivity contribution in [1.82, 2.24) is 5.32 Å². The fraction of sp³-hybridized carbons (Fsp3) is 0.429. The Morgan fingerprint density at radius 3 is 2.89 bits per heavy atom. The molecule has 0 heterocycles. The Bertz CT molecular complexity index is 521. The van der Waals surface area contributed by atoms with Gasteiger partial charge in [-0.3, -0.25) is 4.79 Å². The summed E-state index contributed by atoms with van der Waals surface area (Å²) in [4.78, 5) is 11.7. The number of rotatable bonds is 5. The summed E-state index contributed by atoms with van der Waals surface area (Å²) in [7, 11) is 0. The first-order valence-corrected chi connectivity index (χ1v) is 6.64. The zero-order valence-corrected chi connectivity index (χ0v) is 11.2. The smallest absolute Gasteiger partial charge is 0.221 e. The molecule has 19 heavy (non-hydrogen) atoms. The van der Waals surface area contributed by atoms with Gasteiger partial charge in [0.1, 0.15) is 11.8 Å². The van der Waals surface area contributed by atoms with E-state index in [9.17, 15) is 9.90 Å². The molecule has 2 N–H and O–H groups in total. The monoisotopic (exact) mass is 278 g/mol. The van der Waals surface area contributed by atoms with Crippen LogP contribution in [0.5, 0.6) is 5.75 Å². The highest BCUT2D eigenvalue weighted by Crippen LogP contribution is 2.32. The number of phenols is 1. The molecule has 0 aliphatic heterocycles. The average molecular weight is 279 g/mol. The highest BCUT2D eigenvalue weighted by atomic mass is 35.5. The van der Waals surface area contributed by atoms with Crippen LogP contribution >= 0.6 is 11.6 Å². The van der Waals surface area contributed by atoms with Gasteiger partial charge in [0.2, 0.25) is 5.91 Å². The predicted octanol–water partition coefficient (Wildman–Crippen LogP) is 2.40. The standard InChI is InChI=1S/C14H15ClN2O2/c15-11-7-9(1-5-13(11)18)2-6-14(19)17-12(8-16)10-3-4-10/h1,5,7,10,12,18H,2-4,6H2,(H,17,19)/t12-/m1/s1. The number of carbonyl (C=O) groups is 1. The Morgan fingerprint density at radius 2 is 2.32 bits per heavy atom.